The number of hydrogen-bond acceptors (Lipinski definition) is 5. The molecule has 2 N–H and O–H groups in total. The second-order valence-corrected chi connectivity index (χ2v) is 8.95. The van der Waals surface area contributed by atoms with E-state index in [1.165, 1.54) is 12.3 Å². The molecule has 0 aliphatic heterocycles. The molecule has 1 unspecified atom stereocenters. The number of aryl methyl sites for hydroxylation is 1. The van der Waals surface area contributed by atoms with Crippen molar-refractivity contribution in [2.45, 2.75) is 31.1 Å². The number of carbonyl (C=O) groups excluding carboxylic acids is 2. The molecule has 1 aromatic heterocycles. The molecule has 0 fully saturated rings. The number of pyridine rings is 1. The van der Waals surface area contributed by atoms with Crippen LogP contribution in [-0.4, -0.2) is 30.9 Å². The third-order valence-corrected chi connectivity index (χ3v) is 6.20. The van der Waals surface area contributed by atoms with Crippen molar-refractivity contribution in [3.05, 3.63) is 58.0 Å². The van der Waals surface area contributed by atoms with E-state index in [0.717, 1.165) is 27.5 Å². The molecule has 0 bridgehead atoms. The largest absolute Gasteiger partial charge is 0.370 e. The molecule has 1 atom stereocenters. The number of aromatic nitrogens is 1. The van der Waals surface area contributed by atoms with Crippen molar-refractivity contribution in [2.75, 3.05) is 6.26 Å². The summed E-state index contributed by atoms with van der Waals surface area (Å²) < 4.78 is 25.2. The zero-order valence-electron chi connectivity index (χ0n) is 14.8. The van der Waals surface area contributed by atoms with Crippen LogP contribution in [0, 0.1) is 0 Å². The topological polar surface area (TPSA) is 116 Å². The van der Waals surface area contributed by atoms with Crippen molar-refractivity contribution in [1.29, 1.82) is 0 Å². The number of nitrogens with two attached hydrogens (primary N) is 1. The summed E-state index contributed by atoms with van der Waals surface area (Å²) in [6.07, 6.45) is 3.43. The van der Waals surface area contributed by atoms with Crippen LogP contribution in [0.3, 0.4) is 0 Å². The Hall–Kier alpha value is -2.74. The lowest BCUT2D eigenvalue weighted by atomic mass is 10.0. The van der Waals surface area contributed by atoms with Crippen LogP contribution in [0.5, 0.6) is 0 Å². The smallest absolute Gasteiger partial charge is 0.252 e. The molecule has 0 saturated carbocycles. The highest BCUT2D eigenvalue weighted by Crippen LogP contribution is 2.28. The molecule has 1 amide bonds. The molecule has 1 heterocycles. The van der Waals surface area contributed by atoms with Crippen molar-refractivity contribution >= 4 is 21.5 Å². The van der Waals surface area contributed by atoms with Crippen LogP contribution < -0.4 is 11.3 Å². The average Bonchev–Trinajstić information content (AvgIpc) is 2.95. The standard InChI is InChI=1S/C19H20N2O5S/c1-27(25,26)19(7-6-17(20)23)21-9-8-13(11-18(21)24)12-2-4-15-14(10-12)3-5-16(15)22/h2,4,8-11,19H,3,5-7H2,1H3,(H2,20,23). The molecule has 3 rings (SSSR count). The molecular weight excluding hydrogens is 368 g/mol. The second-order valence-electron chi connectivity index (χ2n) is 6.75. The van der Waals surface area contributed by atoms with E-state index < -0.39 is 26.7 Å². The van der Waals surface area contributed by atoms with Gasteiger partial charge in [-0.25, -0.2) is 8.42 Å². The van der Waals surface area contributed by atoms with Crippen molar-refractivity contribution in [1.82, 2.24) is 4.57 Å². The first-order valence-corrected chi connectivity index (χ1v) is 10.5. The Labute approximate surface area is 156 Å². The highest BCUT2D eigenvalue weighted by molar-refractivity contribution is 7.90. The number of nitrogens with zero attached hydrogens (tertiary/aromatic N) is 1. The minimum absolute atomic E-state index is 0.0611. The number of ketones is 1. The minimum Gasteiger partial charge on any atom is -0.370 e. The van der Waals surface area contributed by atoms with E-state index in [1.807, 2.05) is 6.07 Å². The summed E-state index contributed by atoms with van der Waals surface area (Å²) >= 11 is 0. The summed E-state index contributed by atoms with van der Waals surface area (Å²) in [4.78, 5) is 35.3. The van der Waals surface area contributed by atoms with Gasteiger partial charge in [0.05, 0.1) is 0 Å². The summed E-state index contributed by atoms with van der Waals surface area (Å²) in [6, 6.07) is 8.45. The Morgan fingerprint density at radius 1 is 1.15 bits per heavy atom. The van der Waals surface area contributed by atoms with Gasteiger partial charge in [-0.15, -0.1) is 0 Å². The molecule has 2 aromatic rings. The van der Waals surface area contributed by atoms with Crippen LogP contribution in [0.1, 0.15) is 40.6 Å². The molecular formula is C19H20N2O5S. The van der Waals surface area contributed by atoms with E-state index in [9.17, 15) is 22.8 Å². The highest BCUT2D eigenvalue weighted by Gasteiger charge is 2.24. The van der Waals surface area contributed by atoms with Gasteiger partial charge in [-0.05, 0) is 35.6 Å². The van der Waals surface area contributed by atoms with Gasteiger partial charge in [0.2, 0.25) is 5.91 Å². The first kappa shape index (κ1) is 19.0. The first-order chi connectivity index (χ1) is 12.7. The number of fused-ring (bicyclic) bond motifs is 1. The summed E-state index contributed by atoms with van der Waals surface area (Å²) in [6.45, 7) is 0. The molecule has 0 saturated heterocycles. The van der Waals surface area contributed by atoms with Crippen molar-refractivity contribution < 1.29 is 18.0 Å². The van der Waals surface area contributed by atoms with Gasteiger partial charge >= 0.3 is 0 Å². The van der Waals surface area contributed by atoms with E-state index in [0.29, 0.717) is 18.4 Å². The fourth-order valence-corrected chi connectivity index (χ4v) is 4.50. The molecule has 1 aliphatic carbocycles. The maximum absolute atomic E-state index is 12.6. The van der Waals surface area contributed by atoms with E-state index in [1.54, 1.807) is 18.2 Å². The van der Waals surface area contributed by atoms with E-state index >= 15 is 0 Å². The summed E-state index contributed by atoms with van der Waals surface area (Å²) in [5.74, 6) is -0.501. The van der Waals surface area contributed by atoms with Gasteiger partial charge in [0.15, 0.2) is 15.6 Å². The Kier molecular flexibility index (Phi) is 5.01. The van der Waals surface area contributed by atoms with Gasteiger partial charge in [-0.3, -0.25) is 19.0 Å². The van der Waals surface area contributed by atoms with Crippen molar-refractivity contribution in [3.8, 4) is 11.1 Å². The van der Waals surface area contributed by atoms with Crippen LogP contribution in [0.25, 0.3) is 11.1 Å². The Balaban J connectivity index is 1.97. The Bertz CT molecular complexity index is 1090. The molecule has 8 heteroatoms. The average molecular weight is 388 g/mol. The zero-order chi connectivity index (χ0) is 19.8. The SMILES string of the molecule is CS(=O)(=O)C(CCC(N)=O)n1ccc(-c2ccc3c(c2)CCC3=O)cc1=O. The maximum Gasteiger partial charge on any atom is 0.252 e. The molecule has 7 nitrogen and oxygen atoms in total. The van der Waals surface area contributed by atoms with Crippen molar-refractivity contribution in [2.24, 2.45) is 5.73 Å². The summed E-state index contributed by atoms with van der Waals surface area (Å²) in [5, 5.41) is -1.15. The fraction of sp³-hybridized carbons (Fsp3) is 0.316. The van der Waals surface area contributed by atoms with Crippen LogP contribution in [0.15, 0.2) is 41.3 Å². The van der Waals surface area contributed by atoms with Gasteiger partial charge in [-0.2, -0.15) is 0 Å². The van der Waals surface area contributed by atoms with Crippen LogP contribution in [-0.2, 0) is 21.1 Å². The lowest BCUT2D eigenvalue weighted by Gasteiger charge is -2.18. The number of sulfone groups is 1. The Morgan fingerprint density at radius 3 is 2.48 bits per heavy atom. The molecule has 0 radical (unpaired) electrons. The van der Waals surface area contributed by atoms with Crippen molar-refractivity contribution in [3.63, 3.8) is 0 Å². The zero-order valence-corrected chi connectivity index (χ0v) is 15.7. The number of primary amides is 1. The second kappa shape index (κ2) is 7.11. The van der Waals surface area contributed by atoms with Gasteiger partial charge in [-0.1, -0.05) is 18.2 Å². The summed E-state index contributed by atoms with van der Waals surface area (Å²) in [7, 11) is -3.61. The van der Waals surface area contributed by atoms with Gasteiger partial charge < -0.3 is 5.73 Å². The lowest BCUT2D eigenvalue weighted by Crippen LogP contribution is -2.29. The van der Waals surface area contributed by atoms with Gasteiger partial charge in [0, 0.05) is 36.9 Å². The number of rotatable bonds is 6. The number of hydrogen-bond donors (Lipinski definition) is 1. The molecule has 27 heavy (non-hydrogen) atoms. The molecule has 1 aromatic carbocycles. The number of carbonyl (C=O) groups is 2. The molecule has 0 spiro atoms. The number of amides is 1. The number of Topliss-reactive ketones (excluding diaryl/α,β-unsaturated/α-hetero) is 1. The summed E-state index contributed by atoms with van der Waals surface area (Å²) in [5.41, 5.74) is 7.73. The maximum atomic E-state index is 12.6. The van der Waals surface area contributed by atoms with Crippen LogP contribution in [0.2, 0.25) is 0 Å². The first-order valence-electron chi connectivity index (χ1n) is 8.52. The molecule has 142 valence electrons. The van der Waals surface area contributed by atoms with E-state index in [4.69, 9.17) is 5.73 Å². The van der Waals surface area contributed by atoms with Gasteiger partial charge in [0.1, 0.15) is 5.37 Å². The van der Waals surface area contributed by atoms with Crippen LogP contribution >= 0.6 is 0 Å². The number of benzene rings is 1. The predicted octanol–water partition coefficient (Wildman–Crippen LogP) is 1.45. The predicted molar refractivity (Wildman–Crippen MR) is 101 cm³/mol. The Morgan fingerprint density at radius 2 is 1.85 bits per heavy atom. The van der Waals surface area contributed by atoms with E-state index in [-0.39, 0.29) is 18.6 Å². The minimum atomic E-state index is -3.61. The lowest BCUT2D eigenvalue weighted by molar-refractivity contribution is -0.118. The van der Waals surface area contributed by atoms with E-state index in [2.05, 4.69) is 0 Å². The third kappa shape index (κ3) is 4.00. The van der Waals surface area contributed by atoms with Crippen LogP contribution in [0.4, 0.5) is 0 Å². The third-order valence-electron chi connectivity index (χ3n) is 4.75. The van der Waals surface area contributed by atoms with Gasteiger partial charge in [0.25, 0.3) is 5.56 Å². The fourth-order valence-electron chi connectivity index (χ4n) is 3.37. The normalized spacial score (nSPS) is 14.8. The molecule has 1 aliphatic rings. The highest BCUT2D eigenvalue weighted by atomic mass is 32.2. The monoisotopic (exact) mass is 388 g/mol. The quantitative estimate of drug-likeness (QED) is 0.804.